The van der Waals surface area contributed by atoms with E-state index in [0.29, 0.717) is 32.2 Å². The minimum absolute atomic E-state index is 0.227. The molecule has 2 aromatic rings. The third kappa shape index (κ3) is 4.50. The zero-order chi connectivity index (χ0) is 20.2. The summed E-state index contributed by atoms with van der Waals surface area (Å²) in [5.41, 5.74) is 0.703. The quantitative estimate of drug-likeness (QED) is 0.644. The number of ether oxygens (including phenoxy) is 2. The van der Waals surface area contributed by atoms with Crippen molar-refractivity contribution >= 4 is 10.0 Å². The highest BCUT2D eigenvalue weighted by atomic mass is 32.2. The lowest BCUT2D eigenvalue weighted by atomic mass is 9.78. The van der Waals surface area contributed by atoms with Crippen LogP contribution in [0.15, 0.2) is 53.8 Å². The molecule has 0 bridgehead atoms. The van der Waals surface area contributed by atoms with Crippen LogP contribution in [0.5, 0.6) is 0 Å². The van der Waals surface area contributed by atoms with Crippen LogP contribution in [0.25, 0.3) is 0 Å². The summed E-state index contributed by atoms with van der Waals surface area (Å²) < 4.78 is 39.2. The van der Waals surface area contributed by atoms with Gasteiger partial charge in [0.05, 0.1) is 17.9 Å². The van der Waals surface area contributed by atoms with Gasteiger partial charge in [-0.05, 0) is 55.9 Å². The molecule has 2 saturated heterocycles. The molecule has 0 aromatic carbocycles. The lowest BCUT2D eigenvalue weighted by molar-refractivity contribution is -0.0619. The molecule has 4 heterocycles. The topological polar surface area (TPSA) is 81.6 Å². The highest BCUT2D eigenvalue weighted by Gasteiger charge is 2.47. The smallest absolute Gasteiger partial charge is 0.244 e. The van der Waals surface area contributed by atoms with Crippen LogP contribution in [0.3, 0.4) is 0 Å². The lowest BCUT2D eigenvalue weighted by Gasteiger charge is -2.41. The Hall–Kier alpha value is -1.87. The highest BCUT2D eigenvalue weighted by Crippen LogP contribution is 2.43. The van der Waals surface area contributed by atoms with E-state index in [1.807, 2.05) is 18.2 Å². The maximum absolute atomic E-state index is 12.8. The average molecular weight is 418 g/mol. The molecule has 8 heteroatoms. The van der Waals surface area contributed by atoms with Gasteiger partial charge >= 0.3 is 0 Å². The third-order valence-electron chi connectivity index (χ3n) is 6.03. The molecule has 1 spiro atoms. The zero-order valence-electron chi connectivity index (χ0n) is 16.4. The van der Waals surface area contributed by atoms with Gasteiger partial charge in [0, 0.05) is 44.9 Å². The van der Waals surface area contributed by atoms with Crippen molar-refractivity contribution in [1.82, 2.24) is 14.3 Å². The van der Waals surface area contributed by atoms with Crippen LogP contribution in [-0.4, -0.2) is 54.6 Å². The van der Waals surface area contributed by atoms with Crippen LogP contribution in [0, 0.1) is 5.92 Å². The molecular weight excluding hydrogens is 390 g/mol. The first-order valence-corrected chi connectivity index (χ1v) is 11.6. The van der Waals surface area contributed by atoms with Crippen molar-refractivity contribution in [1.29, 1.82) is 0 Å². The van der Waals surface area contributed by atoms with E-state index in [0.717, 1.165) is 38.0 Å². The summed E-state index contributed by atoms with van der Waals surface area (Å²) in [6, 6.07) is 9.06. The normalized spacial score (nSPS) is 22.1. The Labute approximate surface area is 172 Å². The number of aromatic nitrogens is 2. The molecule has 0 N–H and O–H groups in total. The summed E-state index contributed by atoms with van der Waals surface area (Å²) >= 11 is 0. The first-order valence-electron chi connectivity index (χ1n) is 10.1. The molecule has 156 valence electrons. The average Bonchev–Trinajstić information content (AvgIpc) is 3.14. The van der Waals surface area contributed by atoms with E-state index in [4.69, 9.17) is 9.47 Å². The van der Waals surface area contributed by atoms with Gasteiger partial charge in [-0.15, -0.1) is 0 Å². The molecule has 1 atom stereocenters. The molecule has 4 rings (SSSR count). The van der Waals surface area contributed by atoms with Gasteiger partial charge < -0.3 is 9.47 Å². The van der Waals surface area contributed by atoms with Gasteiger partial charge in [0.1, 0.15) is 4.90 Å². The van der Waals surface area contributed by atoms with Crippen LogP contribution < -0.4 is 0 Å². The summed E-state index contributed by atoms with van der Waals surface area (Å²) in [5.74, 6) is 0.398. The number of sulfonamides is 1. The van der Waals surface area contributed by atoms with Crippen LogP contribution in [0.2, 0.25) is 0 Å². The van der Waals surface area contributed by atoms with E-state index in [1.54, 1.807) is 28.8 Å². The van der Waals surface area contributed by atoms with E-state index < -0.39 is 10.0 Å². The van der Waals surface area contributed by atoms with Gasteiger partial charge in [0.2, 0.25) is 10.0 Å². The molecule has 2 aromatic heterocycles. The Morgan fingerprint density at radius 1 is 1.17 bits per heavy atom. The number of nitrogens with zero attached hydrogens (tertiary/aromatic N) is 3. The molecule has 2 fully saturated rings. The standard InChI is InChI=1S/C21H27N3O4S/c25-29(26,20-5-3-10-22-16-20)24-12-8-21(9-13-24)18(7-15-28-21)6-14-27-17-19-4-1-2-11-23-19/h1-5,10-11,16,18H,6-9,12-15,17H2/t18-/m1/s1. The summed E-state index contributed by atoms with van der Waals surface area (Å²) in [7, 11) is -3.49. The summed E-state index contributed by atoms with van der Waals surface area (Å²) in [5, 5.41) is 0. The molecule has 0 aliphatic carbocycles. The second-order valence-corrected chi connectivity index (χ2v) is 9.59. The zero-order valence-corrected chi connectivity index (χ0v) is 17.3. The molecule has 2 aliphatic heterocycles. The fourth-order valence-electron chi connectivity index (χ4n) is 4.38. The van der Waals surface area contributed by atoms with E-state index in [1.165, 1.54) is 6.20 Å². The Morgan fingerprint density at radius 3 is 2.76 bits per heavy atom. The molecule has 2 aliphatic rings. The second-order valence-electron chi connectivity index (χ2n) is 7.65. The minimum atomic E-state index is -3.49. The molecule has 0 radical (unpaired) electrons. The van der Waals surface area contributed by atoms with Gasteiger partial charge in [-0.1, -0.05) is 6.07 Å². The van der Waals surface area contributed by atoms with E-state index >= 15 is 0 Å². The number of piperidine rings is 1. The first kappa shape index (κ1) is 20.4. The maximum Gasteiger partial charge on any atom is 0.244 e. The molecule has 7 nitrogen and oxygen atoms in total. The summed E-state index contributed by atoms with van der Waals surface area (Å²) in [6.45, 7) is 2.86. The van der Waals surface area contributed by atoms with Gasteiger partial charge in [-0.2, -0.15) is 4.31 Å². The monoisotopic (exact) mass is 417 g/mol. The van der Waals surface area contributed by atoms with Crippen molar-refractivity contribution in [2.45, 2.75) is 42.8 Å². The molecule has 0 amide bonds. The predicted octanol–water partition coefficient (Wildman–Crippen LogP) is 2.64. The minimum Gasteiger partial charge on any atom is -0.375 e. The van der Waals surface area contributed by atoms with E-state index in [9.17, 15) is 8.42 Å². The molecule has 29 heavy (non-hydrogen) atoms. The van der Waals surface area contributed by atoms with Crippen LogP contribution >= 0.6 is 0 Å². The largest absolute Gasteiger partial charge is 0.375 e. The van der Waals surface area contributed by atoms with Gasteiger partial charge in [0.25, 0.3) is 0 Å². The summed E-state index contributed by atoms with van der Waals surface area (Å²) in [6.07, 6.45) is 8.12. The van der Waals surface area contributed by atoms with Crippen molar-refractivity contribution in [3.05, 3.63) is 54.6 Å². The molecule has 0 unspecified atom stereocenters. The number of rotatable bonds is 7. The Bertz CT molecular complexity index is 885. The SMILES string of the molecule is O=S(=O)(c1cccnc1)N1CCC2(CC1)OCC[C@H]2CCOCc1ccccn1. The Morgan fingerprint density at radius 2 is 2.03 bits per heavy atom. The maximum atomic E-state index is 12.8. The van der Waals surface area contributed by atoms with Crippen molar-refractivity contribution in [3.8, 4) is 0 Å². The van der Waals surface area contributed by atoms with Crippen LogP contribution in [0.1, 0.15) is 31.4 Å². The van der Waals surface area contributed by atoms with Crippen molar-refractivity contribution < 1.29 is 17.9 Å². The van der Waals surface area contributed by atoms with Crippen molar-refractivity contribution in [3.63, 3.8) is 0 Å². The number of hydrogen-bond acceptors (Lipinski definition) is 6. The molecule has 0 saturated carbocycles. The fraction of sp³-hybridized carbons (Fsp3) is 0.524. The predicted molar refractivity (Wildman–Crippen MR) is 108 cm³/mol. The third-order valence-corrected chi connectivity index (χ3v) is 7.91. The van der Waals surface area contributed by atoms with Crippen molar-refractivity contribution in [2.75, 3.05) is 26.3 Å². The Balaban J connectivity index is 1.31. The van der Waals surface area contributed by atoms with Crippen LogP contribution in [-0.2, 0) is 26.1 Å². The first-order chi connectivity index (χ1) is 14.1. The van der Waals surface area contributed by atoms with Gasteiger partial charge in [-0.25, -0.2) is 8.42 Å². The molecular formula is C21H27N3O4S. The second kappa shape index (κ2) is 8.87. The summed E-state index contributed by atoms with van der Waals surface area (Å²) in [4.78, 5) is 8.47. The lowest BCUT2D eigenvalue weighted by Crippen LogP contribution is -2.49. The Kier molecular flexibility index (Phi) is 6.24. The van der Waals surface area contributed by atoms with Crippen molar-refractivity contribution in [2.24, 2.45) is 5.92 Å². The van der Waals surface area contributed by atoms with Crippen LogP contribution in [0.4, 0.5) is 0 Å². The van der Waals surface area contributed by atoms with Gasteiger partial charge in [0.15, 0.2) is 0 Å². The van der Waals surface area contributed by atoms with E-state index in [-0.39, 0.29) is 10.5 Å². The fourth-order valence-corrected chi connectivity index (χ4v) is 5.79. The van der Waals surface area contributed by atoms with Gasteiger partial charge in [-0.3, -0.25) is 9.97 Å². The highest BCUT2D eigenvalue weighted by molar-refractivity contribution is 7.89. The number of pyridine rings is 2. The van der Waals surface area contributed by atoms with E-state index in [2.05, 4.69) is 9.97 Å². The number of hydrogen-bond donors (Lipinski definition) is 0.